The molecule has 0 saturated carbocycles. The van der Waals surface area contributed by atoms with Crippen molar-refractivity contribution in [3.05, 3.63) is 53.6 Å². The van der Waals surface area contributed by atoms with Gasteiger partial charge in [-0.25, -0.2) is 0 Å². The van der Waals surface area contributed by atoms with Crippen molar-refractivity contribution in [2.24, 2.45) is 0 Å². The van der Waals surface area contributed by atoms with Gasteiger partial charge in [0.25, 0.3) is 0 Å². The van der Waals surface area contributed by atoms with Crippen molar-refractivity contribution in [1.29, 1.82) is 0 Å². The number of anilines is 3. The average molecular weight is 307 g/mol. The molecule has 2 aromatic rings. The standard InChI is InChI=1S/C19H21N3O/c1-12(20-13(2)23)18-15-7-5-6-14-10-11-22(19(14)15)17-9-4-3-8-16(17)21-18/h3-9,12,18,21H,10-11H2,1-2H3,(H,20,23). The molecule has 2 atom stereocenters. The van der Waals surface area contributed by atoms with Crippen LogP contribution in [0.2, 0.25) is 0 Å². The van der Waals surface area contributed by atoms with Crippen molar-refractivity contribution in [3.63, 3.8) is 0 Å². The summed E-state index contributed by atoms with van der Waals surface area (Å²) in [6, 6.07) is 15.0. The summed E-state index contributed by atoms with van der Waals surface area (Å²) in [7, 11) is 0. The summed E-state index contributed by atoms with van der Waals surface area (Å²) in [6.07, 6.45) is 1.07. The number of rotatable bonds is 2. The van der Waals surface area contributed by atoms with Gasteiger partial charge in [0, 0.05) is 24.7 Å². The van der Waals surface area contributed by atoms with Crippen molar-refractivity contribution in [2.45, 2.75) is 32.4 Å². The van der Waals surface area contributed by atoms with Gasteiger partial charge in [-0.2, -0.15) is 0 Å². The number of carbonyl (C=O) groups is 1. The summed E-state index contributed by atoms with van der Waals surface area (Å²) < 4.78 is 0. The molecule has 2 aliphatic rings. The molecule has 4 rings (SSSR count). The summed E-state index contributed by atoms with van der Waals surface area (Å²) in [5.41, 5.74) is 6.31. The van der Waals surface area contributed by atoms with Crippen LogP contribution in [0.3, 0.4) is 0 Å². The summed E-state index contributed by atoms with van der Waals surface area (Å²) in [5, 5.41) is 6.70. The maximum Gasteiger partial charge on any atom is 0.217 e. The van der Waals surface area contributed by atoms with Crippen molar-refractivity contribution in [1.82, 2.24) is 5.32 Å². The molecule has 0 fully saturated rings. The first-order valence-electron chi connectivity index (χ1n) is 8.17. The fourth-order valence-corrected chi connectivity index (χ4v) is 3.85. The fraction of sp³-hybridized carbons (Fsp3) is 0.316. The molecule has 2 N–H and O–H groups in total. The topological polar surface area (TPSA) is 44.4 Å². The molecule has 118 valence electrons. The van der Waals surface area contributed by atoms with Crippen LogP contribution in [0, 0.1) is 0 Å². The largest absolute Gasteiger partial charge is 0.374 e. The SMILES string of the molecule is CC(=O)NC(C)C1Nc2ccccc2N2CCc3cccc1c32. The Kier molecular flexibility index (Phi) is 3.26. The second-order valence-corrected chi connectivity index (χ2v) is 6.38. The molecular weight excluding hydrogens is 286 g/mol. The quantitative estimate of drug-likeness (QED) is 0.894. The van der Waals surface area contributed by atoms with Gasteiger partial charge in [-0.05, 0) is 31.0 Å². The zero-order valence-corrected chi connectivity index (χ0v) is 13.5. The number of fused-ring (bicyclic) bond motifs is 2. The first kappa shape index (κ1) is 14.1. The lowest BCUT2D eigenvalue weighted by molar-refractivity contribution is -0.119. The predicted molar refractivity (Wildman–Crippen MR) is 93.2 cm³/mol. The minimum absolute atomic E-state index is 0.00117. The van der Waals surface area contributed by atoms with E-state index in [4.69, 9.17) is 0 Å². The molecule has 0 aromatic heterocycles. The van der Waals surface area contributed by atoms with Crippen LogP contribution in [0.15, 0.2) is 42.5 Å². The summed E-state index contributed by atoms with van der Waals surface area (Å²) in [5.74, 6) is 0.00117. The van der Waals surface area contributed by atoms with Crippen LogP contribution >= 0.6 is 0 Å². The monoisotopic (exact) mass is 307 g/mol. The second kappa shape index (κ2) is 5.30. The Morgan fingerprint density at radius 3 is 2.91 bits per heavy atom. The number of nitrogens with zero attached hydrogens (tertiary/aromatic N) is 1. The Labute approximate surface area is 136 Å². The highest BCUT2D eigenvalue weighted by atomic mass is 16.1. The van der Waals surface area contributed by atoms with E-state index in [2.05, 4.69) is 64.9 Å². The molecule has 0 aliphatic carbocycles. The molecule has 0 spiro atoms. The van der Waals surface area contributed by atoms with Crippen LogP contribution in [0.5, 0.6) is 0 Å². The Morgan fingerprint density at radius 1 is 1.26 bits per heavy atom. The number of nitrogens with one attached hydrogen (secondary N) is 2. The summed E-state index contributed by atoms with van der Waals surface area (Å²) in [4.78, 5) is 13.9. The highest BCUT2D eigenvalue weighted by Gasteiger charge is 2.33. The molecule has 2 unspecified atom stereocenters. The molecule has 23 heavy (non-hydrogen) atoms. The van der Waals surface area contributed by atoms with Crippen LogP contribution in [0.1, 0.15) is 31.0 Å². The van der Waals surface area contributed by atoms with Crippen LogP contribution in [-0.4, -0.2) is 18.5 Å². The Morgan fingerprint density at radius 2 is 2.09 bits per heavy atom. The van der Waals surface area contributed by atoms with E-state index < -0.39 is 0 Å². The molecule has 0 bridgehead atoms. The van der Waals surface area contributed by atoms with E-state index >= 15 is 0 Å². The van der Waals surface area contributed by atoms with Gasteiger partial charge in [-0.15, -0.1) is 0 Å². The van der Waals surface area contributed by atoms with Crippen LogP contribution < -0.4 is 15.5 Å². The van der Waals surface area contributed by atoms with E-state index in [9.17, 15) is 4.79 Å². The third-order valence-corrected chi connectivity index (χ3v) is 4.80. The summed E-state index contributed by atoms with van der Waals surface area (Å²) >= 11 is 0. The molecular formula is C19H21N3O. The molecule has 0 radical (unpaired) electrons. The lowest BCUT2D eigenvalue weighted by Crippen LogP contribution is -2.38. The molecule has 2 aliphatic heterocycles. The third kappa shape index (κ3) is 2.25. The smallest absolute Gasteiger partial charge is 0.217 e. The number of amides is 1. The van der Waals surface area contributed by atoms with E-state index in [0.717, 1.165) is 18.7 Å². The van der Waals surface area contributed by atoms with Crippen molar-refractivity contribution < 1.29 is 4.79 Å². The number of hydrogen-bond donors (Lipinski definition) is 2. The maximum atomic E-state index is 11.5. The van der Waals surface area contributed by atoms with Crippen LogP contribution in [-0.2, 0) is 11.2 Å². The highest BCUT2D eigenvalue weighted by Crippen LogP contribution is 2.46. The van der Waals surface area contributed by atoms with Gasteiger partial charge >= 0.3 is 0 Å². The zero-order valence-electron chi connectivity index (χ0n) is 13.5. The Balaban J connectivity index is 1.88. The van der Waals surface area contributed by atoms with E-state index in [1.807, 2.05) is 0 Å². The van der Waals surface area contributed by atoms with Gasteiger partial charge in [0.2, 0.25) is 5.91 Å². The normalized spacial score (nSPS) is 19.2. The minimum Gasteiger partial charge on any atom is -0.374 e. The lowest BCUT2D eigenvalue weighted by atomic mass is 9.96. The van der Waals surface area contributed by atoms with Crippen molar-refractivity contribution in [2.75, 3.05) is 16.8 Å². The highest BCUT2D eigenvalue weighted by molar-refractivity contribution is 5.84. The summed E-state index contributed by atoms with van der Waals surface area (Å²) in [6.45, 7) is 4.64. The van der Waals surface area contributed by atoms with E-state index in [1.54, 1.807) is 6.92 Å². The van der Waals surface area contributed by atoms with Gasteiger partial charge in [0.05, 0.1) is 23.5 Å². The predicted octanol–water partition coefficient (Wildman–Crippen LogP) is 3.37. The third-order valence-electron chi connectivity index (χ3n) is 4.80. The Bertz CT molecular complexity index is 771. The molecule has 4 nitrogen and oxygen atoms in total. The first-order valence-corrected chi connectivity index (χ1v) is 8.17. The minimum atomic E-state index is 0.00117. The van der Waals surface area contributed by atoms with E-state index in [-0.39, 0.29) is 18.0 Å². The van der Waals surface area contributed by atoms with Gasteiger partial charge in [0.1, 0.15) is 0 Å². The van der Waals surface area contributed by atoms with Gasteiger partial charge in [-0.3, -0.25) is 4.79 Å². The van der Waals surface area contributed by atoms with Crippen LogP contribution in [0.4, 0.5) is 17.1 Å². The molecule has 1 amide bonds. The van der Waals surface area contributed by atoms with Gasteiger partial charge < -0.3 is 15.5 Å². The number of benzene rings is 2. The molecule has 2 heterocycles. The second-order valence-electron chi connectivity index (χ2n) is 6.38. The van der Waals surface area contributed by atoms with Crippen molar-refractivity contribution >= 4 is 23.0 Å². The van der Waals surface area contributed by atoms with Gasteiger partial charge in [0.15, 0.2) is 0 Å². The first-order chi connectivity index (χ1) is 11.1. The van der Waals surface area contributed by atoms with E-state index in [1.165, 1.54) is 22.5 Å². The number of hydrogen-bond acceptors (Lipinski definition) is 3. The molecule has 2 aromatic carbocycles. The number of para-hydroxylation sites is 3. The zero-order chi connectivity index (χ0) is 16.0. The van der Waals surface area contributed by atoms with Gasteiger partial charge in [-0.1, -0.05) is 30.3 Å². The Hall–Kier alpha value is -2.49. The number of carbonyl (C=O) groups excluding carboxylic acids is 1. The molecule has 0 saturated heterocycles. The van der Waals surface area contributed by atoms with Crippen molar-refractivity contribution in [3.8, 4) is 0 Å². The van der Waals surface area contributed by atoms with E-state index in [0.29, 0.717) is 0 Å². The molecule has 4 heteroatoms. The lowest BCUT2D eigenvalue weighted by Gasteiger charge is -2.27. The van der Waals surface area contributed by atoms with Crippen LogP contribution in [0.25, 0.3) is 0 Å². The maximum absolute atomic E-state index is 11.5. The average Bonchev–Trinajstić information content (AvgIpc) is 2.89. The fourth-order valence-electron chi connectivity index (χ4n) is 3.85.